The van der Waals surface area contributed by atoms with Gasteiger partial charge in [-0.15, -0.1) is 0 Å². The van der Waals surface area contributed by atoms with Gasteiger partial charge in [0.2, 0.25) is 0 Å². The normalized spacial score (nSPS) is 16.7. The largest absolute Gasteiger partial charge is 0.337 e. The fourth-order valence-corrected chi connectivity index (χ4v) is 1.60. The molecule has 1 saturated heterocycles. The molecule has 3 nitrogen and oxygen atoms in total. The summed E-state index contributed by atoms with van der Waals surface area (Å²) in [6.07, 6.45) is 5.88. The summed E-state index contributed by atoms with van der Waals surface area (Å²) < 4.78 is 0. The van der Waals surface area contributed by atoms with Gasteiger partial charge in [-0.1, -0.05) is 6.07 Å². The highest BCUT2D eigenvalue weighted by molar-refractivity contribution is 5.92. The van der Waals surface area contributed by atoms with Gasteiger partial charge in [-0.25, -0.2) is 0 Å². The van der Waals surface area contributed by atoms with Crippen molar-refractivity contribution in [3.05, 3.63) is 36.5 Å². The molecule has 14 heavy (non-hydrogen) atoms. The minimum Gasteiger partial charge on any atom is -0.337 e. The van der Waals surface area contributed by atoms with E-state index in [1.54, 1.807) is 12.3 Å². The number of carbonyl (C=O) groups is 1. The summed E-state index contributed by atoms with van der Waals surface area (Å²) in [5.41, 5.74) is 0.550. The predicted octanol–water partition coefficient (Wildman–Crippen LogP) is 1.52. The fourth-order valence-electron chi connectivity index (χ4n) is 1.60. The zero-order valence-electron chi connectivity index (χ0n) is 8.02. The molecular weight excluding hydrogens is 176 g/mol. The molecule has 1 amide bonds. The summed E-state index contributed by atoms with van der Waals surface area (Å²) in [5, 5.41) is 0. The molecule has 1 aromatic rings. The Hall–Kier alpha value is -1.38. The molecule has 1 fully saturated rings. The first-order valence-electron chi connectivity index (χ1n) is 4.90. The van der Waals surface area contributed by atoms with E-state index < -0.39 is 0 Å². The quantitative estimate of drug-likeness (QED) is 0.671. The summed E-state index contributed by atoms with van der Waals surface area (Å²) in [5.74, 6) is 0.0544. The average molecular weight is 189 g/mol. The van der Waals surface area contributed by atoms with E-state index in [1.807, 2.05) is 17.0 Å². The van der Waals surface area contributed by atoms with Crippen LogP contribution in [-0.2, 0) is 0 Å². The monoisotopic (exact) mass is 189 g/mol. The van der Waals surface area contributed by atoms with Gasteiger partial charge in [-0.2, -0.15) is 0 Å². The van der Waals surface area contributed by atoms with Crippen LogP contribution in [0.1, 0.15) is 23.3 Å². The zero-order valence-corrected chi connectivity index (χ0v) is 8.02. The van der Waals surface area contributed by atoms with Gasteiger partial charge in [0.1, 0.15) is 5.69 Å². The van der Waals surface area contributed by atoms with Gasteiger partial charge in [0, 0.05) is 19.3 Å². The number of nitrogens with zero attached hydrogens (tertiary/aromatic N) is 2. The molecule has 1 aromatic heterocycles. The van der Waals surface area contributed by atoms with Gasteiger partial charge in [-0.3, -0.25) is 9.78 Å². The highest BCUT2D eigenvalue weighted by atomic mass is 16.2. The van der Waals surface area contributed by atoms with Gasteiger partial charge < -0.3 is 4.90 Å². The zero-order chi connectivity index (χ0) is 9.80. The summed E-state index contributed by atoms with van der Waals surface area (Å²) in [6, 6.07) is 5.43. The number of hydrogen-bond donors (Lipinski definition) is 0. The highest BCUT2D eigenvalue weighted by Crippen LogP contribution is 2.10. The van der Waals surface area contributed by atoms with E-state index in [-0.39, 0.29) is 5.91 Å². The van der Waals surface area contributed by atoms with Crippen LogP contribution in [0.5, 0.6) is 0 Å². The molecule has 1 aliphatic heterocycles. The van der Waals surface area contributed by atoms with Gasteiger partial charge in [0.05, 0.1) is 0 Å². The molecule has 0 aromatic carbocycles. The Balaban J connectivity index is 2.07. The summed E-state index contributed by atoms with van der Waals surface area (Å²) in [7, 11) is 0. The van der Waals surface area contributed by atoms with Gasteiger partial charge in [0.15, 0.2) is 0 Å². The smallest absolute Gasteiger partial charge is 0.272 e. The summed E-state index contributed by atoms with van der Waals surface area (Å²) in [4.78, 5) is 17.8. The molecular formula is C11H13N2O. The third kappa shape index (κ3) is 1.92. The predicted molar refractivity (Wildman–Crippen MR) is 53.7 cm³/mol. The molecule has 0 saturated carbocycles. The second kappa shape index (κ2) is 4.22. The summed E-state index contributed by atoms with van der Waals surface area (Å²) in [6.45, 7) is 1.66. The Morgan fingerprint density at radius 3 is 2.71 bits per heavy atom. The van der Waals surface area contributed by atoms with Gasteiger partial charge in [0.25, 0.3) is 5.91 Å². The van der Waals surface area contributed by atoms with Crippen LogP contribution in [0.25, 0.3) is 0 Å². The van der Waals surface area contributed by atoms with E-state index in [1.165, 1.54) is 0 Å². The lowest BCUT2D eigenvalue weighted by Crippen LogP contribution is -2.36. The van der Waals surface area contributed by atoms with Crippen molar-refractivity contribution in [1.29, 1.82) is 0 Å². The Kier molecular flexibility index (Phi) is 2.77. The number of aromatic nitrogens is 1. The number of rotatable bonds is 1. The number of likely N-dealkylation sites (tertiary alicyclic amines) is 1. The van der Waals surface area contributed by atoms with Crippen molar-refractivity contribution in [3.8, 4) is 0 Å². The molecule has 0 N–H and O–H groups in total. The van der Waals surface area contributed by atoms with Crippen molar-refractivity contribution in [1.82, 2.24) is 9.88 Å². The van der Waals surface area contributed by atoms with Crippen LogP contribution < -0.4 is 0 Å². The first-order chi connectivity index (χ1) is 6.88. The van der Waals surface area contributed by atoms with E-state index >= 15 is 0 Å². The molecule has 0 bridgehead atoms. The number of piperidine rings is 1. The molecule has 2 heterocycles. The van der Waals surface area contributed by atoms with Crippen LogP contribution in [0, 0.1) is 6.42 Å². The second-order valence-electron chi connectivity index (χ2n) is 3.37. The Morgan fingerprint density at radius 2 is 2.07 bits per heavy atom. The first-order valence-corrected chi connectivity index (χ1v) is 4.90. The van der Waals surface area contributed by atoms with Crippen molar-refractivity contribution in [2.45, 2.75) is 12.8 Å². The third-order valence-corrected chi connectivity index (χ3v) is 2.38. The molecule has 0 atom stereocenters. The number of pyridine rings is 1. The van der Waals surface area contributed by atoms with Crippen molar-refractivity contribution in [2.24, 2.45) is 0 Å². The van der Waals surface area contributed by atoms with E-state index in [0.717, 1.165) is 25.9 Å². The Bertz CT molecular complexity index is 304. The second-order valence-corrected chi connectivity index (χ2v) is 3.37. The molecule has 0 aliphatic carbocycles. The van der Waals surface area contributed by atoms with Crippen LogP contribution in [0.4, 0.5) is 0 Å². The standard InChI is InChI=1S/C11H13N2O/c14-11(10-6-2-3-7-12-10)13-8-4-1-5-9-13/h1-3,6-7H,4-5,8-9H2. The topological polar surface area (TPSA) is 33.2 Å². The minimum absolute atomic E-state index is 0.0544. The number of hydrogen-bond acceptors (Lipinski definition) is 2. The van der Waals surface area contributed by atoms with Crippen molar-refractivity contribution < 1.29 is 4.79 Å². The SMILES string of the molecule is O=C(c1ccccn1)N1CC[CH]CC1. The number of amides is 1. The molecule has 1 radical (unpaired) electrons. The maximum atomic E-state index is 11.8. The average Bonchev–Trinajstić information content (AvgIpc) is 2.30. The fraction of sp³-hybridized carbons (Fsp3) is 0.364. The van der Waals surface area contributed by atoms with E-state index in [9.17, 15) is 4.79 Å². The lowest BCUT2D eigenvalue weighted by Gasteiger charge is -2.26. The van der Waals surface area contributed by atoms with Crippen molar-refractivity contribution in [3.63, 3.8) is 0 Å². The number of carbonyl (C=O) groups excluding carboxylic acids is 1. The molecule has 3 heteroatoms. The van der Waals surface area contributed by atoms with Crippen molar-refractivity contribution in [2.75, 3.05) is 13.1 Å². The maximum Gasteiger partial charge on any atom is 0.272 e. The van der Waals surface area contributed by atoms with E-state index in [4.69, 9.17) is 0 Å². The summed E-state index contributed by atoms with van der Waals surface area (Å²) >= 11 is 0. The van der Waals surface area contributed by atoms with E-state index in [2.05, 4.69) is 11.4 Å². The Labute approximate surface area is 83.8 Å². The first kappa shape index (κ1) is 9.19. The third-order valence-electron chi connectivity index (χ3n) is 2.38. The molecule has 73 valence electrons. The van der Waals surface area contributed by atoms with Crippen molar-refractivity contribution >= 4 is 5.91 Å². The highest BCUT2D eigenvalue weighted by Gasteiger charge is 2.18. The van der Waals surface area contributed by atoms with E-state index in [0.29, 0.717) is 5.69 Å². The van der Waals surface area contributed by atoms with Crippen LogP contribution in [0.2, 0.25) is 0 Å². The molecule has 0 unspecified atom stereocenters. The lowest BCUT2D eigenvalue weighted by molar-refractivity contribution is 0.0736. The van der Waals surface area contributed by atoms with Crippen LogP contribution in [0.3, 0.4) is 0 Å². The maximum absolute atomic E-state index is 11.8. The van der Waals surface area contributed by atoms with Crippen LogP contribution in [0.15, 0.2) is 24.4 Å². The lowest BCUT2D eigenvalue weighted by atomic mass is 10.1. The Morgan fingerprint density at radius 1 is 1.29 bits per heavy atom. The minimum atomic E-state index is 0.0544. The molecule has 1 aliphatic rings. The van der Waals surface area contributed by atoms with Gasteiger partial charge in [-0.05, 0) is 31.4 Å². The molecule has 0 spiro atoms. The van der Waals surface area contributed by atoms with Crippen LogP contribution in [-0.4, -0.2) is 28.9 Å². The van der Waals surface area contributed by atoms with Crippen LogP contribution >= 0.6 is 0 Å². The van der Waals surface area contributed by atoms with Gasteiger partial charge >= 0.3 is 0 Å². The molecule has 2 rings (SSSR count).